The molecule has 0 aromatic carbocycles. The zero-order valence-corrected chi connectivity index (χ0v) is 11.6. The average molecular weight is 307 g/mol. The van der Waals surface area contributed by atoms with E-state index in [1.54, 1.807) is 5.38 Å². The van der Waals surface area contributed by atoms with Gasteiger partial charge >= 0.3 is 5.97 Å². The van der Waals surface area contributed by atoms with Gasteiger partial charge in [0.2, 0.25) is 10.0 Å². The monoisotopic (exact) mass is 307 g/mol. The van der Waals surface area contributed by atoms with Gasteiger partial charge in [-0.3, -0.25) is 4.79 Å². The van der Waals surface area contributed by atoms with Gasteiger partial charge in [0.15, 0.2) is 0 Å². The van der Waals surface area contributed by atoms with Gasteiger partial charge in [-0.05, 0) is 30.7 Å². The summed E-state index contributed by atoms with van der Waals surface area (Å²) in [7, 11) is -3.71. The van der Waals surface area contributed by atoms with Crippen molar-refractivity contribution in [2.75, 3.05) is 6.54 Å². The van der Waals surface area contributed by atoms with Gasteiger partial charge in [-0.1, -0.05) is 0 Å². The molecule has 0 amide bonds. The number of sulfonamides is 1. The number of hydrogen-bond acceptors (Lipinski definition) is 4. The number of nitrogens with one attached hydrogen (secondary N) is 1. The van der Waals surface area contributed by atoms with Crippen molar-refractivity contribution in [1.29, 1.82) is 0 Å². The highest BCUT2D eigenvalue weighted by Crippen LogP contribution is 2.37. The number of carboxylic acids is 1. The van der Waals surface area contributed by atoms with Gasteiger partial charge in [0.1, 0.15) is 5.67 Å². The van der Waals surface area contributed by atoms with E-state index >= 15 is 0 Å². The van der Waals surface area contributed by atoms with Gasteiger partial charge in [-0.25, -0.2) is 17.5 Å². The van der Waals surface area contributed by atoms with Crippen LogP contribution in [-0.4, -0.2) is 31.7 Å². The molecule has 8 heteroatoms. The number of halogens is 1. The van der Waals surface area contributed by atoms with E-state index in [9.17, 15) is 17.6 Å². The van der Waals surface area contributed by atoms with Crippen LogP contribution in [0.4, 0.5) is 4.39 Å². The predicted octanol–water partition coefficient (Wildman–Crippen LogP) is 1.62. The summed E-state index contributed by atoms with van der Waals surface area (Å²) in [5.41, 5.74) is -1.77. The minimum absolute atomic E-state index is 0.0656. The first-order valence-electron chi connectivity index (χ1n) is 5.76. The Bertz CT molecular complexity index is 557. The fourth-order valence-electron chi connectivity index (χ4n) is 2.16. The normalized spacial score (nSPS) is 27.5. The molecular weight excluding hydrogens is 293 g/mol. The molecular formula is C11H14FNO4S2. The highest BCUT2D eigenvalue weighted by Gasteiger charge is 2.43. The van der Waals surface area contributed by atoms with Crippen LogP contribution in [0.15, 0.2) is 21.7 Å². The lowest BCUT2D eigenvalue weighted by atomic mass is 10.0. The molecule has 1 aliphatic carbocycles. The summed E-state index contributed by atoms with van der Waals surface area (Å²) in [4.78, 5) is 10.9. The molecule has 1 saturated carbocycles. The third kappa shape index (κ3) is 3.31. The number of hydrogen-bond donors (Lipinski definition) is 2. The minimum atomic E-state index is -3.71. The lowest BCUT2D eigenvalue weighted by Crippen LogP contribution is -2.38. The van der Waals surface area contributed by atoms with E-state index in [0.29, 0.717) is 0 Å². The standard InChI is InChI=1S/C11H14FNO4S2/c12-11(3-1-8(5-11)10(14)15)7-13-19(16,17)9-2-4-18-6-9/h2,4,6,8,13H,1,3,5,7H2,(H,14,15)/t8-,11+/m1/s1. The molecule has 2 atom stereocenters. The van der Waals surface area contributed by atoms with Crippen molar-refractivity contribution in [3.63, 3.8) is 0 Å². The lowest BCUT2D eigenvalue weighted by molar-refractivity contribution is -0.141. The van der Waals surface area contributed by atoms with E-state index in [-0.39, 0.29) is 30.7 Å². The smallest absolute Gasteiger partial charge is 0.306 e. The van der Waals surface area contributed by atoms with Crippen LogP contribution in [-0.2, 0) is 14.8 Å². The summed E-state index contributed by atoms with van der Waals surface area (Å²) in [5.74, 6) is -1.75. The van der Waals surface area contributed by atoms with Gasteiger partial charge < -0.3 is 5.11 Å². The second-order valence-corrected chi connectivity index (χ2v) is 7.26. The summed E-state index contributed by atoms with van der Waals surface area (Å²) in [6.07, 6.45) is 0.163. The summed E-state index contributed by atoms with van der Waals surface area (Å²) < 4.78 is 40.2. The van der Waals surface area contributed by atoms with E-state index in [2.05, 4.69) is 4.72 Å². The quantitative estimate of drug-likeness (QED) is 0.866. The van der Waals surface area contributed by atoms with E-state index in [0.717, 1.165) is 0 Å². The Morgan fingerprint density at radius 2 is 2.37 bits per heavy atom. The van der Waals surface area contributed by atoms with Crippen molar-refractivity contribution in [3.8, 4) is 0 Å². The molecule has 1 aliphatic rings. The molecule has 0 spiro atoms. The Labute approximate surface area is 114 Å². The molecule has 19 heavy (non-hydrogen) atoms. The molecule has 0 aliphatic heterocycles. The zero-order valence-electron chi connectivity index (χ0n) is 10.0. The first-order valence-corrected chi connectivity index (χ1v) is 8.19. The summed E-state index contributed by atoms with van der Waals surface area (Å²) >= 11 is 1.24. The van der Waals surface area contributed by atoms with Crippen molar-refractivity contribution >= 4 is 27.3 Å². The van der Waals surface area contributed by atoms with E-state index in [1.807, 2.05) is 0 Å². The third-order valence-electron chi connectivity index (χ3n) is 3.29. The number of carboxylic acid groups (broad SMARTS) is 1. The molecule has 0 saturated heterocycles. The maximum atomic E-state index is 14.3. The molecule has 2 N–H and O–H groups in total. The first-order chi connectivity index (χ1) is 8.82. The van der Waals surface area contributed by atoms with E-state index in [4.69, 9.17) is 5.11 Å². The Hall–Kier alpha value is -0.990. The second kappa shape index (κ2) is 5.18. The van der Waals surface area contributed by atoms with Crippen LogP contribution in [0, 0.1) is 5.92 Å². The molecule has 106 valence electrons. The van der Waals surface area contributed by atoms with Crippen LogP contribution >= 0.6 is 11.3 Å². The Kier molecular flexibility index (Phi) is 3.93. The van der Waals surface area contributed by atoms with Crippen molar-refractivity contribution in [3.05, 3.63) is 16.8 Å². The topological polar surface area (TPSA) is 83.5 Å². The highest BCUT2D eigenvalue weighted by atomic mass is 32.2. The van der Waals surface area contributed by atoms with Crippen molar-refractivity contribution in [2.24, 2.45) is 5.92 Å². The van der Waals surface area contributed by atoms with Crippen LogP contribution in [0.2, 0.25) is 0 Å². The van der Waals surface area contributed by atoms with Gasteiger partial charge in [0.05, 0.1) is 10.8 Å². The van der Waals surface area contributed by atoms with Crippen molar-refractivity contribution in [1.82, 2.24) is 4.72 Å². The van der Waals surface area contributed by atoms with Crippen LogP contribution in [0.5, 0.6) is 0 Å². The fraction of sp³-hybridized carbons (Fsp3) is 0.545. The minimum Gasteiger partial charge on any atom is -0.481 e. The maximum Gasteiger partial charge on any atom is 0.306 e. The Morgan fingerprint density at radius 1 is 1.63 bits per heavy atom. The van der Waals surface area contributed by atoms with Gasteiger partial charge in [0, 0.05) is 11.9 Å². The van der Waals surface area contributed by atoms with Crippen molar-refractivity contribution in [2.45, 2.75) is 29.8 Å². The van der Waals surface area contributed by atoms with Crippen molar-refractivity contribution < 1.29 is 22.7 Å². The maximum absolute atomic E-state index is 14.3. The fourth-order valence-corrected chi connectivity index (χ4v) is 4.30. The zero-order chi connectivity index (χ0) is 14.1. The largest absolute Gasteiger partial charge is 0.481 e. The number of rotatable bonds is 5. The Balaban J connectivity index is 1.98. The highest BCUT2D eigenvalue weighted by molar-refractivity contribution is 7.89. The average Bonchev–Trinajstić information content (AvgIpc) is 2.96. The van der Waals surface area contributed by atoms with Crippen LogP contribution in [0.1, 0.15) is 19.3 Å². The molecule has 5 nitrogen and oxygen atoms in total. The molecule has 0 radical (unpaired) electrons. The molecule has 1 fully saturated rings. The predicted molar refractivity (Wildman–Crippen MR) is 68.3 cm³/mol. The molecule has 2 rings (SSSR count). The molecule has 0 unspecified atom stereocenters. The summed E-state index contributed by atoms with van der Waals surface area (Å²) in [5, 5.41) is 11.9. The van der Waals surface area contributed by atoms with Gasteiger partial charge in [-0.15, -0.1) is 0 Å². The van der Waals surface area contributed by atoms with Crippen LogP contribution < -0.4 is 4.72 Å². The molecule has 1 aromatic heterocycles. The second-order valence-electron chi connectivity index (χ2n) is 4.71. The number of thiophene rings is 1. The van der Waals surface area contributed by atoms with E-state index < -0.39 is 27.6 Å². The third-order valence-corrected chi connectivity index (χ3v) is 5.52. The molecule has 1 aromatic rings. The van der Waals surface area contributed by atoms with E-state index in [1.165, 1.54) is 22.8 Å². The SMILES string of the molecule is O=C(O)[C@@H]1CC[C@@](F)(CNS(=O)(=O)c2ccsc2)C1. The van der Waals surface area contributed by atoms with Gasteiger partial charge in [0.25, 0.3) is 0 Å². The number of alkyl halides is 1. The summed E-state index contributed by atoms with van der Waals surface area (Å²) in [6.45, 7) is -0.380. The number of carbonyl (C=O) groups is 1. The lowest BCUT2D eigenvalue weighted by Gasteiger charge is -2.19. The number of aliphatic carboxylic acids is 1. The van der Waals surface area contributed by atoms with Crippen LogP contribution in [0.25, 0.3) is 0 Å². The summed E-state index contributed by atoms with van der Waals surface area (Å²) in [6, 6.07) is 1.44. The first kappa shape index (κ1) is 14.4. The molecule has 0 bridgehead atoms. The Morgan fingerprint density at radius 3 is 2.89 bits per heavy atom. The molecule has 1 heterocycles. The van der Waals surface area contributed by atoms with Gasteiger partial charge in [-0.2, -0.15) is 11.3 Å². The van der Waals surface area contributed by atoms with Crippen LogP contribution in [0.3, 0.4) is 0 Å².